The van der Waals surface area contributed by atoms with Crippen LogP contribution in [0.25, 0.3) is 5.00 Å². The molecule has 2 heterocycles. The van der Waals surface area contributed by atoms with Crippen LogP contribution in [-0.4, -0.2) is 32.4 Å². The largest absolute Gasteiger partial charge is 0.490 e. The highest BCUT2D eigenvalue weighted by Crippen LogP contribution is 2.36. The third-order valence-electron chi connectivity index (χ3n) is 3.29. The van der Waals surface area contributed by atoms with Crippen molar-refractivity contribution in [3.05, 3.63) is 50.2 Å². The van der Waals surface area contributed by atoms with E-state index in [2.05, 4.69) is 26.4 Å². The summed E-state index contributed by atoms with van der Waals surface area (Å²) in [5, 5.41) is 18.9. The Balaban J connectivity index is 1.81. The van der Waals surface area contributed by atoms with E-state index in [1.54, 1.807) is 24.4 Å². The molecule has 0 bridgehead atoms. The molecule has 0 radical (unpaired) electrons. The normalized spacial score (nSPS) is 10.4. The minimum absolute atomic E-state index is 0.125. The molecule has 0 fully saturated rings. The topological polar surface area (TPSA) is 112 Å². The zero-order valence-electron chi connectivity index (χ0n) is 14.0. The maximum atomic E-state index is 12.3. The molecular weight excluding hydrogens is 438 g/mol. The second kappa shape index (κ2) is 8.15. The van der Waals surface area contributed by atoms with E-state index in [1.165, 1.54) is 23.5 Å². The SMILES string of the molecule is CCOc1cc(C#N)cc(Br)c1OC(=O)Cn1nnn(-c2cccs2)c1=O. The van der Waals surface area contributed by atoms with Crippen molar-refractivity contribution >= 4 is 33.2 Å². The van der Waals surface area contributed by atoms with Gasteiger partial charge in [0.15, 0.2) is 11.5 Å². The molecule has 0 unspecified atom stereocenters. The van der Waals surface area contributed by atoms with Gasteiger partial charge in [-0.05, 0) is 56.9 Å². The number of hydrogen-bond acceptors (Lipinski definition) is 8. The minimum Gasteiger partial charge on any atom is -0.490 e. The zero-order valence-corrected chi connectivity index (χ0v) is 16.4. The predicted octanol–water partition coefficient (Wildman–Crippen LogP) is 2.13. The van der Waals surface area contributed by atoms with E-state index in [1.807, 2.05) is 6.07 Å². The van der Waals surface area contributed by atoms with Crippen LogP contribution in [0.4, 0.5) is 0 Å². The number of esters is 1. The summed E-state index contributed by atoms with van der Waals surface area (Å²) in [4.78, 5) is 24.6. The summed E-state index contributed by atoms with van der Waals surface area (Å²) in [7, 11) is 0. The first-order chi connectivity index (χ1) is 13.0. The van der Waals surface area contributed by atoms with Gasteiger partial charge in [0.05, 0.1) is 22.7 Å². The van der Waals surface area contributed by atoms with Crippen LogP contribution in [-0.2, 0) is 11.3 Å². The number of nitriles is 1. The lowest BCUT2D eigenvalue weighted by molar-refractivity contribution is -0.135. The second-order valence-electron chi connectivity index (χ2n) is 5.09. The fourth-order valence-corrected chi connectivity index (χ4v) is 3.36. The number of ether oxygens (including phenoxy) is 2. The molecule has 2 aromatic heterocycles. The van der Waals surface area contributed by atoms with Gasteiger partial charge in [-0.3, -0.25) is 0 Å². The summed E-state index contributed by atoms with van der Waals surface area (Å²) in [6.07, 6.45) is 0. The lowest BCUT2D eigenvalue weighted by Crippen LogP contribution is -2.28. The number of rotatable bonds is 6. The van der Waals surface area contributed by atoms with Gasteiger partial charge in [0, 0.05) is 6.07 Å². The average Bonchev–Trinajstić information content (AvgIpc) is 3.28. The molecule has 27 heavy (non-hydrogen) atoms. The summed E-state index contributed by atoms with van der Waals surface area (Å²) in [5.74, 6) is -0.368. The van der Waals surface area contributed by atoms with Crippen molar-refractivity contribution in [2.75, 3.05) is 6.61 Å². The first-order valence-corrected chi connectivity index (χ1v) is 9.34. The van der Waals surface area contributed by atoms with Crippen LogP contribution in [0.5, 0.6) is 11.5 Å². The minimum atomic E-state index is -0.735. The van der Waals surface area contributed by atoms with E-state index in [0.717, 1.165) is 9.36 Å². The van der Waals surface area contributed by atoms with Gasteiger partial charge < -0.3 is 9.47 Å². The lowest BCUT2D eigenvalue weighted by Gasteiger charge is -2.12. The van der Waals surface area contributed by atoms with Crippen LogP contribution >= 0.6 is 27.3 Å². The monoisotopic (exact) mass is 449 g/mol. The number of aromatic nitrogens is 4. The highest BCUT2D eigenvalue weighted by molar-refractivity contribution is 9.10. The molecule has 0 spiro atoms. The summed E-state index contributed by atoms with van der Waals surface area (Å²) in [6.45, 7) is 1.66. The Morgan fingerprint density at radius 1 is 1.41 bits per heavy atom. The highest BCUT2D eigenvalue weighted by atomic mass is 79.9. The maximum absolute atomic E-state index is 12.3. The Hall–Kier alpha value is -2.97. The Bertz CT molecular complexity index is 1070. The van der Waals surface area contributed by atoms with E-state index in [4.69, 9.17) is 14.7 Å². The molecular formula is C16H12BrN5O4S. The molecule has 1 aromatic carbocycles. The van der Waals surface area contributed by atoms with Crippen molar-refractivity contribution in [2.24, 2.45) is 0 Å². The molecule has 0 saturated carbocycles. The van der Waals surface area contributed by atoms with E-state index in [0.29, 0.717) is 21.6 Å². The number of hydrogen-bond donors (Lipinski definition) is 0. The Morgan fingerprint density at radius 2 is 2.22 bits per heavy atom. The Morgan fingerprint density at radius 3 is 2.89 bits per heavy atom. The molecule has 0 saturated heterocycles. The summed E-state index contributed by atoms with van der Waals surface area (Å²) >= 11 is 4.58. The van der Waals surface area contributed by atoms with Crippen LogP contribution in [0.1, 0.15) is 12.5 Å². The number of carbonyl (C=O) groups is 1. The lowest BCUT2D eigenvalue weighted by atomic mass is 10.2. The van der Waals surface area contributed by atoms with Crippen LogP contribution in [0.2, 0.25) is 0 Å². The molecule has 0 aliphatic heterocycles. The zero-order chi connectivity index (χ0) is 19.4. The highest BCUT2D eigenvalue weighted by Gasteiger charge is 2.19. The van der Waals surface area contributed by atoms with Crippen molar-refractivity contribution in [3.8, 4) is 22.6 Å². The summed E-state index contributed by atoms with van der Waals surface area (Å²) in [6, 6.07) is 8.46. The van der Waals surface area contributed by atoms with Gasteiger partial charge in [0.2, 0.25) is 0 Å². The first kappa shape index (κ1) is 18.8. The van der Waals surface area contributed by atoms with Crippen LogP contribution in [0.15, 0.2) is 38.9 Å². The number of tetrazole rings is 1. The molecule has 0 aliphatic rings. The van der Waals surface area contributed by atoms with Gasteiger partial charge in [-0.2, -0.15) is 14.6 Å². The fraction of sp³-hybridized carbons (Fsp3) is 0.188. The summed E-state index contributed by atoms with van der Waals surface area (Å²) in [5.41, 5.74) is -0.210. The molecule has 11 heteroatoms. The van der Waals surface area contributed by atoms with Crippen LogP contribution in [0, 0.1) is 11.3 Å². The Kier molecular flexibility index (Phi) is 5.68. The van der Waals surface area contributed by atoms with E-state index < -0.39 is 18.2 Å². The number of carbonyl (C=O) groups excluding carboxylic acids is 1. The molecule has 0 amide bonds. The smallest absolute Gasteiger partial charge is 0.369 e. The van der Waals surface area contributed by atoms with E-state index >= 15 is 0 Å². The molecule has 9 nitrogen and oxygen atoms in total. The molecule has 3 rings (SSSR count). The van der Waals surface area contributed by atoms with Crippen molar-refractivity contribution in [3.63, 3.8) is 0 Å². The molecule has 0 atom stereocenters. The van der Waals surface area contributed by atoms with E-state index in [-0.39, 0.29) is 11.5 Å². The van der Waals surface area contributed by atoms with Gasteiger partial charge in [0.1, 0.15) is 11.5 Å². The third kappa shape index (κ3) is 4.07. The van der Waals surface area contributed by atoms with Gasteiger partial charge in [-0.25, -0.2) is 9.59 Å². The molecule has 0 N–H and O–H groups in total. The Labute approximate surface area is 165 Å². The number of benzene rings is 1. The standard InChI is InChI=1S/C16H12BrN5O4S/c1-2-25-12-7-10(8-18)6-11(17)15(12)26-14(23)9-21-16(24)22(20-19-21)13-4-3-5-27-13/h3-7H,2,9H2,1H3. The van der Waals surface area contributed by atoms with Crippen LogP contribution in [0.3, 0.4) is 0 Å². The van der Waals surface area contributed by atoms with Crippen molar-refractivity contribution in [2.45, 2.75) is 13.5 Å². The second-order valence-corrected chi connectivity index (χ2v) is 6.87. The van der Waals surface area contributed by atoms with Gasteiger partial charge >= 0.3 is 11.7 Å². The third-order valence-corrected chi connectivity index (χ3v) is 4.72. The number of thiophene rings is 1. The molecule has 138 valence electrons. The van der Waals surface area contributed by atoms with Gasteiger partial charge in [0.25, 0.3) is 0 Å². The van der Waals surface area contributed by atoms with Crippen molar-refractivity contribution in [1.29, 1.82) is 5.26 Å². The predicted molar refractivity (Wildman–Crippen MR) is 99.2 cm³/mol. The molecule has 0 aliphatic carbocycles. The van der Waals surface area contributed by atoms with Crippen molar-refractivity contribution < 1.29 is 14.3 Å². The fourth-order valence-electron chi connectivity index (χ4n) is 2.17. The average molecular weight is 450 g/mol. The number of nitrogens with zero attached hydrogens (tertiary/aromatic N) is 5. The van der Waals surface area contributed by atoms with Crippen molar-refractivity contribution in [1.82, 2.24) is 19.8 Å². The van der Waals surface area contributed by atoms with Crippen LogP contribution < -0.4 is 15.2 Å². The number of halogens is 1. The van der Waals surface area contributed by atoms with Gasteiger partial charge in [-0.1, -0.05) is 0 Å². The summed E-state index contributed by atoms with van der Waals surface area (Å²) < 4.78 is 13.1. The quantitative estimate of drug-likeness (QED) is 0.418. The first-order valence-electron chi connectivity index (χ1n) is 7.67. The molecule has 3 aromatic rings. The van der Waals surface area contributed by atoms with E-state index in [9.17, 15) is 9.59 Å². The maximum Gasteiger partial charge on any atom is 0.369 e. The van der Waals surface area contributed by atoms with Gasteiger partial charge in [-0.15, -0.1) is 11.3 Å².